The standard InChI is InChI=1S/C10H19N5O2/c1-4-17-9-13-7(11)12-8(14-9)15-10(2,3)5-6-16/h16H,4-6H2,1-3H3,(H3,11,12,13,14,15). The van der Waals surface area contributed by atoms with Crippen molar-refractivity contribution in [3.63, 3.8) is 0 Å². The lowest BCUT2D eigenvalue weighted by atomic mass is 10.0. The zero-order valence-corrected chi connectivity index (χ0v) is 10.4. The Balaban J connectivity index is 2.83. The molecule has 0 saturated carbocycles. The van der Waals surface area contributed by atoms with Gasteiger partial charge >= 0.3 is 6.01 Å². The zero-order chi connectivity index (χ0) is 12.9. The van der Waals surface area contributed by atoms with Crippen molar-refractivity contribution in [2.75, 3.05) is 24.3 Å². The Morgan fingerprint density at radius 2 is 2.06 bits per heavy atom. The van der Waals surface area contributed by atoms with Gasteiger partial charge in [0.2, 0.25) is 11.9 Å². The van der Waals surface area contributed by atoms with E-state index in [1.54, 1.807) is 0 Å². The number of nitrogens with one attached hydrogen (secondary N) is 1. The fourth-order valence-corrected chi connectivity index (χ4v) is 1.27. The third-order valence-corrected chi connectivity index (χ3v) is 2.09. The molecule has 1 heterocycles. The molecule has 1 aromatic rings. The van der Waals surface area contributed by atoms with Gasteiger partial charge in [-0.15, -0.1) is 0 Å². The lowest BCUT2D eigenvalue weighted by molar-refractivity contribution is 0.260. The molecular formula is C10H19N5O2. The van der Waals surface area contributed by atoms with Gasteiger partial charge < -0.3 is 20.9 Å². The molecule has 1 rings (SSSR count). The smallest absolute Gasteiger partial charge is 0.323 e. The highest BCUT2D eigenvalue weighted by molar-refractivity contribution is 5.34. The Labute approximate surface area is 100 Å². The van der Waals surface area contributed by atoms with Crippen LogP contribution in [0.5, 0.6) is 6.01 Å². The predicted molar refractivity (Wildman–Crippen MR) is 64.8 cm³/mol. The highest BCUT2D eigenvalue weighted by Crippen LogP contribution is 2.16. The second kappa shape index (κ2) is 5.62. The molecule has 0 aliphatic heterocycles. The number of ether oxygens (including phenoxy) is 1. The quantitative estimate of drug-likeness (QED) is 0.662. The molecule has 1 aromatic heterocycles. The third kappa shape index (κ3) is 4.39. The van der Waals surface area contributed by atoms with Gasteiger partial charge in [0.15, 0.2) is 0 Å². The van der Waals surface area contributed by atoms with Crippen LogP contribution in [0.4, 0.5) is 11.9 Å². The molecule has 0 aliphatic rings. The van der Waals surface area contributed by atoms with E-state index >= 15 is 0 Å². The molecule has 0 spiro atoms. The summed E-state index contributed by atoms with van der Waals surface area (Å²) in [4.78, 5) is 11.9. The van der Waals surface area contributed by atoms with E-state index in [0.717, 1.165) is 0 Å². The van der Waals surface area contributed by atoms with Gasteiger partial charge in [0.1, 0.15) is 0 Å². The second-order valence-corrected chi connectivity index (χ2v) is 4.22. The molecular weight excluding hydrogens is 222 g/mol. The van der Waals surface area contributed by atoms with E-state index in [-0.39, 0.29) is 24.1 Å². The molecule has 7 heteroatoms. The van der Waals surface area contributed by atoms with Crippen LogP contribution in [0.25, 0.3) is 0 Å². The Morgan fingerprint density at radius 1 is 1.35 bits per heavy atom. The summed E-state index contributed by atoms with van der Waals surface area (Å²) in [6.07, 6.45) is 0.572. The number of aromatic nitrogens is 3. The largest absolute Gasteiger partial charge is 0.464 e. The average molecular weight is 241 g/mol. The molecule has 0 bridgehead atoms. The van der Waals surface area contributed by atoms with Crippen molar-refractivity contribution in [3.8, 4) is 6.01 Å². The molecule has 17 heavy (non-hydrogen) atoms. The molecule has 7 nitrogen and oxygen atoms in total. The van der Waals surface area contributed by atoms with E-state index < -0.39 is 0 Å². The number of hydrogen-bond donors (Lipinski definition) is 3. The fourth-order valence-electron chi connectivity index (χ4n) is 1.27. The first-order valence-electron chi connectivity index (χ1n) is 5.50. The van der Waals surface area contributed by atoms with Gasteiger partial charge in [0.05, 0.1) is 6.61 Å². The molecule has 0 atom stereocenters. The Kier molecular flexibility index (Phi) is 4.45. The van der Waals surface area contributed by atoms with Crippen molar-refractivity contribution in [2.24, 2.45) is 0 Å². The zero-order valence-electron chi connectivity index (χ0n) is 10.4. The number of nitrogens with zero attached hydrogens (tertiary/aromatic N) is 3. The van der Waals surface area contributed by atoms with E-state index in [1.807, 2.05) is 20.8 Å². The number of nitrogens with two attached hydrogens (primary N) is 1. The molecule has 0 aliphatic carbocycles. The van der Waals surface area contributed by atoms with Crippen LogP contribution in [0.15, 0.2) is 0 Å². The number of aliphatic hydroxyl groups excluding tert-OH is 1. The van der Waals surface area contributed by atoms with Gasteiger partial charge in [-0.2, -0.15) is 15.0 Å². The van der Waals surface area contributed by atoms with Crippen LogP contribution in [-0.2, 0) is 0 Å². The molecule has 0 aromatic carbocycles. The van der Waals surface area contributed by atoms with Gasteiger partial charge in [0.25, 0.3) is 0 Å². The SMILES string of the molecule is CCOc1nc(N)nc(NC(C)(C)CCO)n1. The van der Waals surface area contributed by atoms with Crippen molar-refractivity contribution >= 4 is 11.9 Å². The Bertz CT molecular complexity index is 370. The molecule has 0 radical (unpaired) electrons. The van der Waals surface area contributed by atoms with Gasteiger partial charge in [0, 0.05) is 12.1 Å². The highest BCUT2D eigenvalue weighted by atomic mass is 16.5. The summed E-state index contributed by atoms with van der Waals surface area (Å²) in [5.74, 6) is 0.449. The Hall–Kier alpha value is -1.63. The van der Waals surface area contributed by atoms with E-state index in [1.165, 1.54) is 0 Å². The van der Waals surface area contributed by atoms with Crippen LogP contribution in [-0.4, -0.2) is 38.8 Å². The summed E-state index contributed by atoms with van der Waals surface area (Å²) < 4.78 is 5.17. The molecule has 4 N–H and O–H groups in total. The topological polar surface area (TPSA) is 106 Å². The summed E-state index contributed by atoms with van der Waals surface area (Å²) in [7, 11) is 0. The van der Waals surface area contributed by atoms with Crippen LogP contribution < -0.4 is 15.8 Å². The lowest BCUT2D eigenvalue weighted by Gasteiger charge is -2.25. The minimum absolute atomic E-state index is 0.0822. The first-order chi connectivity index (χ1) is 7.96. The number of aliphatic hydroxyl groups is 1. The summed E-state index contributed by atoms with van der Waals surface area (Å²) in [6.45, 7) is 6.25. The molecule has 0 amide bonds. The van der Waals surface area contributed by atoms with Crippen molar-refractivity contribution in [3.05, 3.63) is 0 Å². The van der Waals surface area contributed by atoms with E-state index in [4.69, 9.17) is 15.6 Å². The molecule has 96 valence electrons. The van der Waals surface area contributed by atoms with Gasteiger partial charge in [-0.3, -0.25) is 0 Å². The number of rotatable bonds is 6. The third-order valence-electron chi connectivity index (χ3n) is 2.09. The number of nitrogen functional groups attached to an aromatic ring is 1. The molecule has 0 saturated heterocycles. The molecule has 0 unspecified atom stereocenters. The minimum Gasteiger partial charge on any atom is -0.464 e. The number of hydrogen-bond acceptors (Lipinski definition) is 7. The maximum absolute atomic E-state index is 8.93. The first-order valence-corrected chi connectivity index (χ1v) is 5.50. The predicted octanol–water partition coefficient (Wildman–Crippen LogP) is 0.425. The van der Waals surface area contributed by atoms with Gasteiger partial charge in [-0.25, -0.2) is 0 Å². The van der Waals surface area contributed by atoms with Crippen LogP contribution in [0.3, 0.4) is 0 Å². The first kappa shape index (κ1) is 13.4. The minimum atomic E-state index is -0.327. The van der Waals surface area contributed by atoms with Crippen molar-refractivity contribution in [2.45, 2.75) is 32.7 Å². The summed E-state index contributed by atoms with van der Waals surface area (Å²) in [5.41, 5.74) is 5.22. The monoisotopic (exact) mass is 241 g/mol. The fraction of sp³-hybridized carbons (Fsp3) is 0.700. The second-order valence-electron chi connectivity index (χ2n) is 4.22. The van der Waals surface area contributed by atoms with E-state index in [2.05, 4.69) is 20.3 Å². The van der Waals surface area contributed by atoms with Crippen molar-refractivity contribution < 1.29 is 9.84 Å². The normalized spacial score (nSPS) is 11.3. The van der Waals surface area contributed by atoms with Crippen molar-refractivity contribution in [1.82, 2.24) is 15.0 Å². The molecule has 0 fully saturated rings. The summed E-state index contributed by atoms with van der Waals surface area (Å²) in [6, 6.07) is 0.197. The lowest BCUT2D eigenvalue weighted by Crippen LogP contribution is -2.33. The van der Waals surface area contributed by atoms with Crippen LogP contribution in [0.1, 0.15) is 27.2 Å². The average Bonchev–Trinajstić information content (AvgIpc) is 2.15. The maximum Gasteiger partial charge on any atom is 0.323 e. The van der Waals surface area contributed by atoms with E-state index in [9.17, 15) is 0 Å². The van der Waals surface area contributed by atoms with E-state index in [0.29, 0.717) is 19.0 Å². The highest BCUT2D eigenvalue weighted by Gasteiger charge is 2.18. The van der Waals surface area contributed by atoms with Gasteiger partial charge in [-0.05, 0) is 27.2 Å². The van der Waals surface area contributed by atoms with Crippen molar-refractivity contribution in [1.29, 1.82) is 0 Å². The van der Waals surface area contributed by atoms with Gasteiger partial charge in [-0.1, -0.05) is 0 Å². The number of anilines is 2. The Morgan fingerprint density at radius 3 is 2.65 bits per heavy atom. The van der Waals surface area contributed by atoms with Crippen LogP contribution in [0, 0.1) is 0 Å². The van der Waals surface area contributed by atoms with Crippen LogP contribution in [0.2, 0.25) is 0 Å². The maximum atomic E-state index is 8.93. The summed E-state index contributed by atoms with van der Waals surface area (Å²) in [5, 5.41) is 12.0. The van der Waals surface area contributed by atoms with Crippen LogP contribution >= 0.6 is 0 Å². The summed E-state index contributed by atoms with van der Waals surface area (Å²) >= 11 is 0.